The second-order valence-corrected chi connectivity index (χ2v) is 5.99. The Hall–Kier alpha value is -3.98. The van der Waals surface area contributed by atoms with Gasteiger partial charge in [0.2, 0.25) is 0 Å². The third kappa shape index (κ3) is 4.85. The minimum absolute atomic E-state index is 0.110. The fourth-order valence-corrected chi connectivity index (χ4v) is 2.57. The zero-order chi connectivity index (χ0) is 20.8. The van der Waals surface area contributed by atoms with Crippen LogP contribution in [0.1, 0.15) is 21.5 Å². The maximum Gasteiger partial charge on any atom is 0.343 e. The summed E-state index contributed by atoms with van der Waals surface area (Å²) in [6.07, 6.45) is 1.65. The lowest BCUT2D eigenvalue weighted by molar-refractivity contribution is 0.0734. The molecule has 0 heterocycles. The third-order valence-electron chi connectivity index (χ3n) is 4.06. The van der Waals surface area contributed by atoms with Gasteiger partial charge in [-0.15, -0.1) is 0 Å². The molecule has 0 aliphatic heterocycles. The van der Waals surface area contributed by atoms with Crippen LogP contribution in [0, 0.1) is 23.0 Å². The van der Waals surface area contributed by atoms with E-state index in [2.05, 4.69) is 6.07 Å². The molecule has 0 aromatic heterocycles. The van der Waals surface area contributed by atoms with Gasteiger partial charge in [0.05, 0.1) is 24.3 Å². The molecular weight excluding hydrogens is 376 g/mol. The molecule has 3 aromatic rings. The lowest BCUT2D eigenvalue weighted by Crippen LogP contribution is -2.09. The minimum Gasteiger partial charge on any atom is -0.497 e. The van der Waals surface area contributed by atoms with Crippen LogP contribution in [0.2, 0.25) is 0 Å². The lowest BCUT2D eigenvalue weighted by Gasteiger charge is -2.06. The van der Waals surface area contributed by atoms with E-state index in [-0.39, 0.29) is 11.3 Å². The van der Waals surface area contributed by atoms with E-state index in [4.69, 9.17) is 9.47 Å². The van der Waals surface area contributed by atoms with Crippen molar-refractivity contribution in [1.82, 2.24) is 0 Å². The monoisotopic (exact) mass is 391 g/mol. The van der Waals surface area contributed by atoms with E-state index in [9.17, 15) is 18.8 Å². The summed E-state index contributed by atoms with van der Waals surface area (Å²) >= 11 is 0. The Morgan fingerprint density at radius 2 is 1.66 bits per heavy atom. The summed E-state index contributed by atoms with van der Waals surface area (Å²) in [5.41, 5.74) is 1.64. The minimum atomic E-state index is -1.13. The van der Waals surface area contributed by atoms with E-state index in [1.165, 1.54) is 0 Å². The number of ether oxygens (including phenoxy) is 2. The molecule has 0 fully saturated rings. The molecule has 0 unspecified atom stereocenters. The van der Waals surface area contributed by atoms with Crippen molar-refractivity contribution in [3.63, 3.8) is 0 Å². The molecule has 0 N–H and O–H groups in total. The van der Waals surface area contributed by atoms with Gasteiger partial charge in [-0.05, 0) is 71.8 Å². The lowest BCUT2D eigenvalue weighted by atomic mass is 10.0. The molecule has 6 heteroatoms. The van der Waals surface area contributed by atoms with Gasteiger partial charge in [-0.25, -0.2) is 13.6 Å². The highest BCUT2D eigenvalue weighted by Crippen LogP contribution is 2.23. The number of hydrogen-bond donors (Lipinski definition) is 0. The quantitative estimate of drug-likeness (QED) is 0.258. The van der Waals surface area contributed by atoms with Crippen LogP contribution in [-0.4, -0.2) is 13.1 Å². The summed E-state index contributed by atoms with van der Waals surface area (Å²) in [4.78, 5) is 12.2. The third-order valence-corrected chi connectivity index (χ3v) is 4.06. The smallest absolute Gasteiger partial charge is 0.343 e. The second-order valence-electron chi connectivity index (χ2n) is 5.99. The number of benzene rings is 3. The summed E-state index contributed by atoms with van der Waals surface area (Å²) in [6.45, 7) is 0. The molecule has 0 aliphatic rings. The van der Waals surface area contributed by atoms with Crippen molar-refractivity contribution >= 4 is 17.6 Å². The van der Waals surface area contributed by atoms with Crippen LogP contribution in [0.3, 0.4) is 0 Å². The second kappa shape index (κ2) is 8.81. The van der Waals surface area contributed by atoms with E-state index in [1.54, 1.807) is 61.7 Å². The number of halogens is 2. The van der Waals surface area contributed by atoms with Gasteiger partial charge in [-0.3, -0.25) is 0 Å². The van der Waals surface area contributed by atoms with Crippen LogP contribution in [0.15, 0.2) is 66.7 Å². The van der Waals surface area contributed by atoms with Crippen LogP contribution < -0.4 is 9.47 Å². The SMILES string of the molecule is COc1ccc(/C(C#N)=C\c2cccc(OC(=O)c3ccc(F)c(F)c3)c2)cc1. The van der Waals surface area contributed by atoms with Crippen molar-refractivity contribution in [1.29, 1.82) is 5.26 Å². The highest BCUT2D eigenvalue weighted by Gasteiger charge is 2.12. The molecule has 0 aliphatic carbocycles. The number of carbonyl (C=O) groups excluding carboxylic acids is 1. The van der Waals surface area contributed by atoms with Crippen LogP contribution in [0.5, 0.6) is 11.5 Å². The number of nitriles is 1. The van der Waals surface area contributed by atoms with Gasteiger partial charge < -0.3 is 9.47 Å². The molecule has 0 saturated carbocycles. The van der Waals surface area contributed by atoms with Gasteiger partial charge in [-0.1, -0.05) is 12.1 Å². The van der Waals surface area contributed by atoms with Gasteiger partial charge in [0, 0.05) is 0 Å². The average Bonchev–Trinajstić information content (AvgIpc) is 2.74. The molecule has 3 rings (SSSR count). The largest absolute Gasteiger partial charge is 0.497 e. The first-order valence-corrected chi connectivity index (χ1v) is 8.53. The van der Waals surface area contributed by atoms with Gasteiger partial charge in [-0.2, -0.15) is 5.26 Å². The van der Waals surface area contributed by atoms with E-state index < -0.39 is 17.6 Å². The summed E-state index contributed by atoms with van der Waals surface area (Å²) < 4.78 is 36.7. The van der Waals surface area contributed by atoms with Crippen molar-refractivity contribution in [2.75, 3.05) is 7.11 Å². The van der Waals surface area contributed by atoms with Crippen LogP contribution in [0.4, 0.5) is 8.78 Å². The molecule has 0 spiro atoms. The van der Waals surface area contributed by atoms with Gasteiger partial charge in [0.25, 0.3) is 0 Å². The predicted octanol–water partition coefficient (Wildman–Crippen LogP) is 5.26. The Morgan fingerprint density at radius 1 is 0.931 bits per heavy atom. The number of rotatable bonds is 5. The standard InChI is InChI=1S/C23H15F2NO3/c1-28-19-8-5-16(6-9-19)18(14-26)11-15-3-2-4-20(12-15)29-23(27)17-7-10-21(24)22(25)13-17/h2-13H,1H3/b18-11-. The molecule has 0 saturated heterocycles. The zero-order valence-corrected chi connectivity index (χ0v) is 15.4. The van der Waals surface area contributed by atoms with Crippen molar-refractivity contribution in [3.8, 4) is 17.6 Å². The average molecular weight is 391 g/mol. The van der Waals surface area contributed by atoms with Crippen molar-refractivity contribution in [2.45, 2.75) is 0 Å². The Labute approximate surface area is 166 Å². The fraction of sp³-hybridized carbons (Fsp3) is 0.0435. The summed E-state index contributed by atoms with van der Waals surface area (Å²) in [6, 6.07) is 18.5. The maximum absolute atomic E-state index is 13.3. The molecule has 0 bridgehead atoms. The van der Waals surface area contributed by atoms with Crippen LogP contribution in [-0.2, 0) is 0 Å². The highest BCUT2D eigenvalue weighted by molar-refractivity contribution is 5.92. The fourth-order valence-electron chi connectivity index (χ4n) is 2.57. The maximum atomic E-state index is 13.3. The Morgan fingerprint density at radius 3 is 2.31 bits per heavy atom. The number of hydrogen-bond acceptors (Lipinski definition) is 4. The van der Waals surface area contributed by atoms with E-state index >= 15 is 0 Å². The molecule has 144 valence electrons. The Bertz CT molecular complexity index is 1120. The Balaban J connectivity index is 1.82. The summed E-state index contributed by atoms with van der Waals surface area (Å²) in [5, 5.41) is 9.48. The van der Waals surface area contributed by atoms with Gasteiger partial charge >= 0.3 is 5.97 Å². The van der Waals surface area contributed by atoms with Crippen molar-refractivity contribution < 1.29 is 23.0 Å². The zero-order valence-electron chi connectivity index (χ0n) is 15.4. The topological polar surface area (TPSA) is 59.3 Å². The molecule has 29 heavy (non-hydrogen) atoms. The van der Waals surface area contributed by atoms with E-state index in [1.807, 2.05) is 0 Å². The molecule has 4 nitrogen and oxygen atoms in total. The first-order valence-electron chi connectivity index (χ1n) is 8.53. The number of methoxy groups -OCH3 is 1. The van der Waals surface area contributed by atoms with E-state index in [0.717, 1.165) is 18.2 Å². The normalized spacial score (nSPS) is 10.9. The molecule has 0 amide bonds. The van der Waals surface area contributed by atoms with Gasteiger partial charge in [0.1, 0.15) is 11.5 Å². The first kappa shape index (κ1) is 19.8. The summed E-state index contributed by atoms with van der Waals surface area (Å²) in [7, 11) is 1.56. The van der Waals surface area contributed by atoms with Crippen molar-refractivity contribution in [2.24, 2.45) is 0 Å². The van der Waals surface area contributed by atoms with Gasteiger partial charge in [0.15, 0.2) is 11.6 Å². The Kier molecular flexibility index (Phi) is 6.00. The van der Waals surface area contributed by atoms with Crippen LogP contribution >= 0.6 is 0 Å². The summed E-state index contributed by atoms with van der Waals surface area (Å²) in [5.74, 6) is -2.11. The predicted molar refractivity (Wildman–Crippen MR) is 104 cm³/mol. The molecule has 3 aromatic carbocycles. The number of nitrogens with zero attached hydrogens (tertiary/aromatic N) is 1. The molecule has 0 radical (unpaired) electrons. The van der Waals surface area contributed by atoms with Crippen LogP contribution in [0.25, 0.3) is 11.6 Å². The van der Waals surface area contributed by atoms with E-state index in [0.29, 0.717) is 22.4 Å². The number of carbonyl (C=O) groups is 1. The van der Waals surface area contributed by atoms with Crippen molar-refractivity contribution in [3.05, 3.63) is 95.1 Å². The number of esters is 1. The highest BCUT2D eigenvalue weighted by atomic mass is 19.2. The molecular formula is C23H15F2NO3. The first-order chi connectivity index (χ1) is 14.0. The number of allylic oxidation sites excluding steroid dienone is 1. The molecule has 0 atom stereocenters.